The molecule has 0 radical (unpaired) electrons. The molecule has 1 aromatic heterocycles. The second-order valence-electron chi connectivity index (χ2n) is 7.62. The number of anilines is 2. The fourth-order valence-corrected chi connectivity index (χ4v) is 5.13. The highest BCUT2D eigenvalue weighted by atomic mass is 35.5. The van der Waals surface area contributed by atoms with Crippen molar-refractivity contribution in [3.63, 3.8) is 0 Å². The van der Waals surface area contributed by atoms with Gasteiger partial charge in [0.1, 0.15) is 16.4 Å². The van der Waals surface area contributed by atoms with Gasteiger partial charge in [-0.1, -0.05) is 41.9 Å². The average molecular weight is 515 g/mol. The molecule has 0 aliphatic heterocycles. The topological polar surface area (TPSA) is 102 Å². The first-order valence-electron chi connectivity index (χ1n) is 10.3. The van der Waals surface area contributed by atoms with Gasteiger partial charge in [0.15, 0.2) is 0 Å². The van der Waals surface area contributed by atoms with E-state index in [1.165, 1.54) is 39.7 Å². The van der Waals surface area contributed by atoms with Crippen molar-refractivity contribution in [1.82, 2.24) is 9.36 Å². The summed E-state index contributed by atoms with van der Waals surface area (Å²) in [5.74, 6) is -1.37. The van der Waals surface area contributed by atoms with E-state index in [0.717, 1.165) is 6.07 Å². The van der Waals surface area contributed by atoms with Crippen LogP contribution in [-0.4, -0.2) is 23.7 Å². The Morgan fingerprint density at radius 3 is 2.34 bits per heavy atom. The van der Waals surface area contributed by atoms with Crippen LogP contribution in [0.4, 0.5) is 15.8 Å². The number of amides is 1. The van der Waals surface area contributed by atoms with Gasteiger partial charge in [0.05, 0.1) is 22.1 Å². The van der Waals surface area contributed by atoms with Gasteiger partial charge in [-0.3, -0.25) is 19.0 Å². The number of nitrogens with zero attached hydrogens (tertiary/aromatic N) is 2. The van der Waals surface area contributed by atoms with Crippen LogP contribution in [0, 0.1) is 12.7 Å². The molecule has 0 atom stereocenters. The fourth-order valence-electron chi connectivity index (χ4n) is 3.48. The minimum Gasteiger partial charge on any atom is -0.319 e. The number of carbonyl (C=O) groups excluding carboxylic acids is 1. The van der Waals surface area contributed by atoms with Gasteiger partial charge in [-0.25, -0.2) is 17.5 Å². The highest BCUT2D eigenvalue weighted by molar-refractivity contribution is 7.92. The number of benzene rings is 3. The Morgan fingerprint density at radius 1 is 1.00 bits per heavy atom. The summed E-state index contributed by atoms with van der Waals surface area (Å²) in [5, 5.41) is 2.24. The van der Waals surface area contributed by atoms with Crippen LogP contribution in [0.1, 0.15) is 16.1 Å². The van der Waals surface area contributed by atoms with Gasteiger partial charge in [0, 0.05) is 12.6 Å². The van der Waals surface area contributed by atoms with Crippen molar-refractivity contribution in [2.45, 2.75) is 11.8 Å². The Labute approximate surface area is 205 Å². The summed E-state index contributed by atoms with van der Waals surface area (Å²) in [6.45, 7) is 1.60. The molecular weight excluding hydrogens is 495 g/mol. The van der Waals surface area contributed by atoms with Crippen molar-refractivity contribution in [1.29, 1.82) is 0 Å². The standard InChI is InChI=1S/C24H20ClFN4O4S/c1-15-22(24(32)30(29(15)2)17-8-4-3-5-9-17)28-35(33,34)21-14-16(12-13-18(21)25)23(31)27-20-11-7-6-10-19(20)26/h3-14,28H,1-2H3,(H,27,31). The first-order valence-corrected chi connectivity index (χ1v) is 12.2. The SMILES string of the molecule is Cc1c(NS(=O)(=O)c2cc(C(=O)Nc3ccccc3F)ccc2Cl)c(=O)n(-c2ccccc2)n1C. The lowest BCUT2D eigenvalue weighted by molar-refractivity contribution is 0.102. The van der Waals surface area contributed by atoms with Crippen molar-refractivity contribution in [3.05, 3.63) is 105 Å². The van der Waals surface area contributed by atoms with Crippen LogP contribution >= 0.6 is 11.6 Å². The molecule has 35 heavy (non-hydrogen) atoms. The van der Waals surface area contributed by atoms with E-state index in [4.69, 9.17) is 11.6 Å². The first kappa shape index (κ1) is 24.2. The summed E-state index contributed by atoms with van der Waals surface area (Å²) in [6, 6.07) is 17.9. The molecule has 180 valence electrons. The second-order valence-corrected chi connectivity index (χ2v) is 9.68. The molecule has 0 unspecified atom stereocenters. The van der Waals surface area contributed by atoms with Crippen LogP contribution in [0.3, 0.4) is 0 Å². The van der Waals surface area contributed by atoms with Crippen LogP contribution < -0.4 is 15.6 Å². The zero-order valence-electron chi connectivity index (χ0n) is 18.6. The molecule has 0 aliphatic carbocycles. The molecule has 0 saturated heterocycles. The minimum absolute atomic E-state index is 0.0589. The van der Waals surface area contributed by atoms with Gasteiger partial charge in [0.25, 0.3) is 21.5 Å². The lowest BCUT2D eigenvalue weighted by Crippen LogP contribution is -2.23. The maximum Gasteiger partial charge on any atom is 0.296 e. The predicted octanol–water partition coefficient (Wildman–Crippen LogP) is 4.33. The van der Waals surface area contributed by atoms with Crippen molar-refractivity contribution < 1.29 is 17.6 Å². The fraction of sp³-hybridized carbons (Fsp3) is 0.0833. The third-order valence-corrected chi connectivity index (χ3v) is 7.23. The summed E-state index contributed by atoms with van der Waals surface area (Å²) < 4.78 is 45.5. The largest absolute Gasteiger partial charge is 0.319 e. The predicted molar refractivity (Wildman–Crippen MR) is 132 cm³/mol. The number of sulfonamides is 1. The smallest absolute Gasteiger partial charge is 0.296 e. The van der Waals surface area contributed by atoms with Crippen LogP contribution in [-0.2, 0) is 17.1 Å². The first-order chi connectivity index (χ1) is 16.6. The Bertz CT molecular complexity index is 1600. The maximum atomic E-state index is 13.9. The molecule has 1 heterocycles. The summed E-state index contributed by atoms with van der Waals surface area (Å²) in [5.41, 5.74) is 0.0595. The summed E-state index contributed by atoms with van der Waals surface area (Å²) in [7, 11) is -2.75. The normalized spacial score (nSPS) is 11.3. The molecule has 11 heteroatoms. The van der Waals surface area contributed by atoms with Crippen LogP contribution in [0.15, 0.2) is 82.5 Å². The quantitative estimate of drug-likeness (QED) is 0.400. The van der Waals surface area contributed by atoms with Gasteiger partial charge in [0.2, 0.25) is 0 Å². The van der Waals surface area contributed by atoms with E-state index in [2.05, 4.69) is 10.0 Å². The molecule has 1 amide bonds. The summed E-state index contributed by atoms with van der Waals surface area (Å²) in [4.78, 5) is 25.3. The number of nitrogens with one attached hydrogen (secondary N) is 2. The Kier molecular flexibility index (Phi) is 6.51. The average Bonchev–Trinajstić information content (AvgIpc) is 3.04. The Morgan fingerprint density at radius 2 is 1.66 bits per heavy atom. The maximum absolute atomic E-state index is 13.9. The van der Waals surface area contributed by atoms with Gasteiger partial charge < -0.3 is 5.32 Å². The number of hydrogen-bond acceptors (Lipinski definition) is 4. The highest BCUT2D eigenvalue weighted by Gasteiger charge is 2.25. The van der Waals surface area contributed by atoms with E-state index >= 15 is 0 Å². The molecule has 2 N–H and O–H groups in total. The second kappa shape index (κ2) is 9.40. The van der Waals surface area contributed by atoms with Crippen molar-refractivity contribution in [3.8, 4) is 5.69 Å². The van der Waals surface area contributed by atoms with Gasteiger partial charge in [-0.05, 0) is 49.4 Å². The highest BCUT2D eigenvalue weighted by Crippen LogP contribution is 2.26. The van der Waals surface area contributed by atoms with E-state index in [1.807, 2.05) is 0 Å². The lowest BCUT2D eigenvalue weighted by Gasteiger charge is -2.11. The Hall–Kier alpha value is -3.89. The molecule has 8 nitrogen and oxygen atoms in total. The van der Waals surface area contributed by atoms with E-state index < -0.39 is 32.2 Å². The zero-order chi connectivity index (χ0) is 25.3. The minimum atomic E-state index is -4.37. The van der Waals surface area contributed by atoms with Gasteiger partial charge >= 0.3 is 0 Å². The van der Waals surface area contributed by atoms with E-state index in [9.17, 15) is 22.4 Å². The molecule has 4 rings (SSSR count). The number of carbonyl (C=O) groups is 1. The lowest BCUT2D eigenvalue weighted by atomic mass is 10.2. The molecular formula is C24H20ClFN4O4S. The van der Waals surface area contributed by atoms with E-state index in [-0.39, 0.29) is 22.0 Å². The molecule has 3 aromatic carbocycles. The van der Waals surface area contributed by atoms with Gasteiger partial charge in [-0.2, -0.15) is 0 Å². The molecule has 0 spiro atoms. The van der Waals surface area contributed by atoms with E-state index in [0.29, 0.717) is 11.4 Å². The zero-order valence-corrected chi connectivity index (χ0v) is 20.2. The third kappa shape index (κ3) is 4.71. The van der Waals surface area contributed by atoms with Crippen molar-refractivity contribution >= 4 is 38.9 Å². The molecule has 0 fully saturated rings. The number of hydrogen-bond donors (Lipinski definition) is 2. The van der Waals surface area contributed by atoms with Crippen molar-refractivity contribution in [2.75, 3.05) is 10.0 Å². The summed E-state index contributed by atoms with van der Waals surface area (Å²) in [6.07, 6.45) is 0. The Balaban J connectivity index is 1.69. The van der Waals surface area contributed by atoms with Crippen molar-refractivity contribution in [2.24, 2.45) is 7.05 Å². The molecule has 0 saturated carbocycles. The van der Waals surface area contributed by atoms with Gasteiger partial charge in [-0.15, -0.1) is 0 Å². The molecule has 0 aliphatic rings. The van der Waals surface area contributed by atoms with Crippen LogP contribution in [0.2, 0.25) is 5.02 Å². The molecule has 0 bridgehead atoms. The number of aromatic nitrogens is 2. The number of para-hydroxylation sites is 2. The number of rotatable bonds is 6. The monoisotopic (exact) mass is 514 g/mol. The van der Waals surface area contributed by atoms with Crippen LogP contribution in [0.25, 0.3) is 5.69 Å². The summed E-state index contributed by atoms with van der Waals surface area (Å²) >= 11 is 6.15. The van der Waals surface area contributed by atoms with Crippen LogP contribution in [0.5, 0.6) is 0 Å². The number of halogens is 2. The van der Waals surface area contributed by atoms with E-state index in [1.54, 1.807) is 50.4 Å². The molecule has 4 aromatic rings. The third-order valence-electron chi connectivity index (χ3n) is 5.40.